The third-order valence-electron chi connectivity index (χ3n) is 3.76. The van der Waals surface area contributed by atoms with E-state index in [-0.39, 0.29) is 0 Å². The summed E-state index contributed by atoms with van der Waals surface area (Å²) in [6.45, 7) is 1.17. The third kappa shape index (κ3) is 1.49. The van der Waals surface area contributed by atoms with Crippen molar-refractivity contribution >= 4 is 0 Å². The molecular weight excluding hydrogens is 186 g/mol. The molecule has 0 aromatic carbocycles. The molecule has 2 heterocycles. The Bertz CT molecular complexity index is 361. The average molecular weight is 205 g/mol. The van der Waals surface area contributed by atoms with Crippen LogP contribution in [-0.4, -0.2) is 16.3 Å². The Kier molecular flexibility index (Phi) is 2.28. The summed E-state index contributed by atoms with van der Waals surface area (Å²) < 4.78 is 2.12. The molecule has 82 valence electrons. The van der Waals surface area contributed by atoms with Crippen molar-refractivity contribution in [2.75, 3.05) is 6.54 Å². The lowest BCUT2D eigenvalue weighted by Gasteiger charge is -2.24. The van der Waals surface area contributed by atoms with Crippen LogP contribution >= 0.6 is 0 Å². The molecule has 1 aromatic rings. The molecule has 0 saturated carbocycles. The highest BCUT2D eigenvalue weighted by atomic mass is 15.3. The Labute approximate surface area is 90.9 Å². The summed E-state index contributed by atoms with van der Waals surface area (Å²) in [5, 5.41) is 8.27. The van der Waals surface area contributed by atoms with E-state index in [2.05, 4.69) is 22.1 Å². The molecule has 15 heavy (non-hydrogen) atoms. The second-order valence-electron chi connectivity index (χ2n) is 4.79. The van der Waals surface area contributed by atoms with Crippen LogP contribution in [0.3, 0.4) is 0 Å². The molecule has 1 aromatic heterocycles. The van der Waals surface area contributed by atoms with E-state index in [4.69, 9.17) is 0 Å². The number of piperidine rings is 1. The second kappa shape index (κ2) is 3.63. The lowest BCUT2D eigenvalue weighted by atomic mass is 9.98. The van der Waals surface area contributed by atoms with Crippen molar-refractivity contribution in [3.63, 3.8) is 0 Å². The molecule has 1 aliphatic carbocycles. The number of hydrogen-bond acceptors (Lipinski definition) is 2. The standard InChI is InChI=1S/C12H19N3/c1-15-12(11-6-2-3-8-13-11)9-5-4-7-10(9)14-15/h11,13H,2-8H2,1H3. The van der Waals surface area contributed by atoms with Gasteiger partial charge in [0.25, 0.3) is 0 Å². The topological polar surface area (TPSA) is 29.9 Å². The van der Waals surface area contributed by atoms with Crippen LogP contribution in [0.25, 0.3) is 0 Å². The Morgan fingerprint density at radius 1 is 1.27 bits per heavy atom. The highest BCUT2D eigenvalue weighted by Gasteiger charge is 2.26. The number of aryl methyl sites for hydroxylation is 2. The van der Waals surface area contributed by atoms with Gasteiger partial charge in [0.2, 0.25) is 0 Å². The number of hydrogen-bond donors (Lipinski definition) is 1. The maximum Gasteiger partial charge on any atom is 0.0660 e. The maximum atomic E-state index is 4.64. The molecule has 0 spiro atoms. The van der Waals surface area contributed by atoms with Crippen LogP contribution in [0, 0.1) is 0 Å². The summed E-state index contributed by atoms with van der Waals surface area (Å²) in [6.07, 6.45) is 7.71. The molecule has 3 heteroatoms. The first-order valence-electron chi connectivity index (χ1n) is 6.14. The zero-order valence-electron chi connectivity index (χ0n) is 9.42. The largest absolute Gasteiger partial charge is 0.309 e. The first-order chi connectivity index (χ1) is 7.36. The van der Waals surface area contributed by atoms with Gasteiger partial charge in [-0.05, 0) is 44.2 Å². The van der Waals surface area contributed by atoms with Gasteiger partial charge in [-0.2, -0.15) is 5.10 Å². The van der Waals surface area contributed by atoms with E-state index in [0.29, 0.717) is 6.04 Å². The Hall–Kier alpha value is -0.830. The number of aromatic nitrogens is 2. The molecular formula is C12H19N3. The monoisotopic (exact) mass is 205 g/mol. The van der Waals surface area contributed by atoms with Crippen LogP contribution < -0.4 is 5.32 Å². The van der Waals surface area contributed by atoms with Crippen molar-refractivity contribution in [2.24, 2.45) is 7.05 Å². The van der Waals surface area contributed by atoms with Gasteiger partial charge in [0, 0.05) is 13.1 Å². The molecule has 1 atom stereocenters. The fourth-order valence-corrected chi connectivity index (χ4v) is 3.07. The van der Waals surface area contributed by atoms with E-state index >= 15 is 0 Å². The van der Waals surface area contributed by atoms with E-state index in [9.17, 15) is 0 Å². The quantitative estimate of drug-likeness (QED) is 0.756. The molecule has 1 N–H and O–H groups in total. The molecule has 3 nitrogen and oxygen atoms in total. The van der Waals surface area contributed by atoms with E-state index in [1.54, 1.807) is 5.56 Å². The van der Waals surface area contributed by atoms with Gasteiger partial charge >= 0.3 is 0 Å². The van der Waals surface area contributed by atoms with Gasteiger partial charge in [0.05, 0.1) is 11.4 Å². The lowest BCUT2D eigenvalue weighted by molar-refractivity contribution is 0.391. The van der Waals surface area contributed by atoms with Gasteiger partial charge in [-0.15, -0.1) is 0 Å². The van der Waals surface area contributed by atoms with Crippen LogP contribution in [0.5, 0.6) is 0 Å². The van der Waals surface area contributed by atoms with Gasteiger partial charge < -0.3 is 5.32 Å². The number of nitrogens with one attached hydrogen (secondary N) is 1. The Morgan fingerprint density at radius 3 is 3.00 bits per heavy atom. The molecule has 1 unspecified atom stereocenters. The fraction of sp³-hybridized carbons (Fsp3) is 0.750. The van der Waals surface area contributed by atoms with E-state index in [1.807, 2.05) is 0 Å². The summed E-state index contributed by atoms with van der Waals surface area (Å²) in [7, 11) is 2.10. The van der Waals surface area contributed by atoms with Gasteiger partial charge in [-0.25, -0.2) is 0 Å². The van der Waals surface area contributed by atoms with Crippen LogP contribution in [-0.2, 0) is 19.9 Å². The van der Waals surface area contributed by atoms with Crippen molar-refractivity contribution < 1.29 is 0 Å². The van der Waals surface area contributed by atoms with Gasteiger partial charge in [-0.3, -0.25) is 4.68 Å². The SMILES string of the molecule is Cn1nc2c(c1C1CCCCN1)CCC2. The molecule has 3 rings (SSSR count). The van der Waals surface area contributed by atoms with Crippen molar-refractivity contribution in [2.45, 2.75) is 44.6 Å². The molecule has 0 bridgehead atoms. The average Bonchev–Trinajstić information content (AvgIpc) is 2.78. The number of fused-ring (bicyclic) bond motifs is 1. The minimum absolute atomic E-state index is 0.568. The van der Waals surface area contributed by atoms with Crippen molar-refractivity contribution in [3.05, 3.63) is 17.0 Å². The third-order valence-corrected chi connectivity index (χ3v) is 3.76. The number of nitrogens with zero attached hydrogens (tertiary/aromatic N) is 2. The van der Waals surface area contributed by atoms with E-state index < -0.39 is 0 Å². The predicted molar refractivity (Wildman–Crippen MR) is 59.8 cm³/mol. The summed E-state index contributed by atoms with van der Waals surface area (Å²) in [6, 6.07) is 0.568. The summed E-state index contributed by atoms with van der Waals surface area (Å²) in [5.74, 6) is 0. The molecule has 0 radical (unpaired) electrons. The minimum atomic E-state index is 0.568. The van der Waals surface area contributed by atoms with Crippen molar-refractivity contribution in [1.29, 1.82) is 0 Å². The summed E-state index contributed by atoms with van der Waals surface area (Å²) in [4.78, 5) is 0. The number of rotatable bonds is 1. The predicted octanol–water partition coefficient (Wildman–Crippen LogP) is 1.72. The minimum Gasteiger partial charge on any atom is -0.309 e. The Morgan fingerprint density at radius 2 is 2.20 bits per heavy atom. The summed E-state index contributed by atoms with van der Waals surface area (Å²) in [5.41, 5.74) is 4.39. The highest BCUT2D eigenvalue weighted by Crippen LogP contribution is 2.31. The van der Waals surface area contributed by atoms with Gasteiger partial charge in [0.15, 0.2) is 0 Å². The Balaban J connectivity index is 1.95. The molecule has 1 saturated heterocycles. The maximum absolute atomic E-state index is 4.64. The van der Waals surface area contributed by atoms with Crippen LogP contribution in [0.1, 0.15) is 48.7 Å². The highest BCUT2D eigenvalue weighted by molar-refractivity contribution is 5.32. The summed E-state index contributed by atoms with van der Waals surface area (Å²) >= 11 is 0. The molecule has 0 amide bonds. The van der Waals surface area contributed by atoms with Gasteiger partial charge in [-0.1, -0.05) is 6.42 Å². The van der Waals surface area contributed by atoms with Crippen LogP contribution in [0.2, 0.25) is 0 Å². The smallest absolute Gasteiger partial charge is 0.0660 e. The van der Waals surface area contributed by atoms with Crippen molar-refractivity contribution in [1.82, 2.24) is 15.1 Å². The lowest BCUT2D eigenvalue weighted by Crippen LogP contribution is -2.29. The molecule has 1 aliphatic heterocycles. The fourth-order valence-electron chi connectivity index (χ4n) is 3.07. The molecule has 1 fully saturated rings. The van der Waals surface area contributed by atoms with Crippen LogP contribution in [0.4, 0.5) is 0 Å². The molecule has 2 aliphatic rings. The zero-order valence-corrected chi connectivity index (χ0v) is 9.42. The zero-order chi connectivity index (χ0) is 10.3. The van der Waals surface area contributed by atoms with Crippen molar-refractivity contribution in [3.8, 4) is 0 Å². The van der Waals surface area contributed by atoms with Crippen LogP contribution in [0.15, 0.2) is 0 Å². The van der Waals surface area contributed by atoms with E-state index in [1.165, 1.54) is 56.5 Å². The second-order valence-corrected chi connectivity index (χ2v) is 4.79. The normalized spacial score (nSPS) is 25.5. The van der Waals surface area contributed by atoms with E-state index in [0.717, 1.165) is 0 Å². The van der Waals surface area contributed by atoms with Gasteiger partial charge in [0.1, 0.15) is 0 Å². The first-order valence-corrected chi connectivity index (χ1v) is 6.14. The first kappa shape index (κ1) is 9.40.